The molecule has 5 aromatic rings. The van der Waals surface area contributed by atoms with Gasteiger partial charge in [0.1, 0.15) is 0 Å². The first-order chi connectivity index (χ1) is 17.7. The van der Waals surface area contributed by atoms with Gasteiger partial charge in [-0.1, -0.05) is 76.6 Å². The van der Waals surface area contributed by atoms with E-state index in [2.05, 4.69) is 45.2 Å². The summed E-state index contributed by atoms with van der Waals surface area (Å²) in [5.41, 5.74) is 6.56. The monoisotopic (exact) mass is 540 g/mol. The van der Waals surface area contributed by atoms with Gasteiger partial charge in [0.25, 0.3) is 0 Å². The van der Waals surface area contributed by atoms with Gasteiger partial charge in [-0.2, -0.15) is 0 Å². The Kier molecular flexibility index (Phi) is 6.78. The molecule has 0 saturated heterocycles. The van der Waals surface area contributed by atoms with E-state index >= 15 is 0 Å². The van der Waals surface area contributed by atoms with E-state index in [4.69, 9.17) is 19.2 Å². The lowest BCUT2D eigenvalue weighted by atomic mass is 9.96. The number of fused-ring (bicyclic) bond motifs is 1. The van der Waals surface area contributed by atoms with Gasteiger partial charge in [-0.05, 0) is 35.4 Å². The number of halogens is 1. The highest BCUT2D eigenvalue weighted by Crippen LogP contribution is 2.51. The summed E-state index contributed by atoms with van der Waals surface area (Å²) in [5.74, 6) is 1.66. The molecule has 36 heavy (non-hydrogen) atoms. The van der Waals surface area contributed by atoms with Crippen LogP contribution in [0.3, 0.4) is 0 Å². The Hall–Kier alpha value is -4.03. The van der Waals surface area contributed by atoms with Gasteiger partial charge in [-0.25, -0.2) is 0 Å². The first kappa shape index (κ1) is 23.7. The molecule has 0 radical (unpaired) electrons. The maximum absolute atomic E-state index is 5.96. The van der Waals surface area contributed by atoms with Crippen molar-refractivity contribution in [3.05, 3.63) is 95.0 Å². The number of aliphatic imine (C=N–C) groups is 1. The molecule has 180 valence electrons. The summed E-state index contributed by atoms with van der Waals surface area (Å²) in [6.07, 6.45) is 1.81. The number of aromatic nitrogens is 1. The molecule has 0 saturated carbocycles. The number of H-pyrrole nitrogens is 1. The number of rotatable bonds is 7. The van der Waals surface area contributed by atoms with Crippen molar-refractivity contribution in [1.82, 2.24) is 4.98 Å². The summed E-state index contributed by atoms with van der Waals surface area (Å²) in [6, 6.07) is 28.4. The summed E-state index contributed by atoms with van der Waals surface area (Å²) in [6.45, 7) is 0. The second-order valence-electron chi connectivity index (χ2n) is 8.11. The Morgan fingerprint density at radius 3 is 1.86 bits per heavy atom. The summed E-state index contributed by atoms with van der Waals surface area (Å²) in [5, 5.41) is 0.900. The second kappa shape index (κ2) is 10.3. The topological polar surface area (TPSA) is 55.8 Å². The molecule has 0 bridgehead atoms. The zero-order valence-electron chi connectivity index (χ0n) is 20.2. The molecule has 0 aliphatic rings. The van der Waals surface area contributed by atoms with E-state index in [1.165, 1.54) is 0 Å². The fraction of sp³-hybridized carbons (Fsp3) is 0.100. The number of nitrogens with zero attached hydrogens (tertiary/aromatic N) is 1. The van der Waals surface area contributed by atoms with Crippen LogP contribution in [0.2, 0.25) is 0 Å². The van der Waals surface area contributed by atoms with Crippen LogP contribution in [0.1, 0.15) is 5.56 Å². The molecule has 0 unspecified atom stereocenters. The fourth-order valence-corrected chi connectivity index (χ4v) is 4.73. The lowest BCUT2D eigenvalue weighted by Crippen LogP contribution is -2.00. The standard InChI is InChI=1S/C30H25BrN2O3/c1-34-28-23(18-32-22-16-14-21(31)15-17-22)27-25(29(35-2)30(28)36-3)24(19-10-6-4-7-11-19)26(33-27)20-12-8-5-9-13-20/h4-18,33H,1-3H3. The normalized spacial score (nSPS) is 11.2. The molecule has 6 heteroatoms. The van der Waals surface area contributed by atoms with Crippen LogP contribution in [-0.4, -0.2) is 32.5 Å². The molecule has 0 aliphatic carbocycles. The SMILES string of the molecule is COc1c(OC)c(OC)c2c(-c3ccccc3)c(-c3ccccc3)[nH]c2c1C=Nc1ccc(Br)cc1. The minimum absolute atomic E-state index is 0.514. The van der Waals surface area contributed by atoms with Crippen molar-refractivity contribution < 1.29 is 14.2 Å². The minimum atomic E-state index is 0.514. The average molecular weight is 541 g/mol. The van der Waals surface area contributed by atoms with E-state index < -0.39 is 0 Å². The Bertz CT molecular complexity index is 1530. The molecule has 0 atom stereocenters. The van der Waals surface area contributed by atoms with Gasteiger partial charge >= 0.3 is 0 Å². The Morgan fingerprint density at radius 2 is 1.28 bits per heavy atom. The summed E-state index contributed by atoms with van der Waals surface area (Å²) in [7, 11) is 4.89. The van der Waals surface area contributed by atoms with Crippen LogP contribution >= 0.6 is 15.9 Å². The molecular weight excluding hydrogens is 516 g/mol. The maximum atomic E-state index is 5.96. The molecule has 4 aromatic carbocycles. The van der Waals surface area contributed by atoms with Gasteiger partial charge in [0.15, 0.2) is 11.5 Å². The minimum Gasteiger partial charge on any atom is -0.492 e. The first-order valence-electron chi connectivity index (χ1n) is 11.4. The van der Waals surface area contributed by atoms with Gasteiger partial charge in [-0.15, -0.1) is 0 Å². The highest BCUT2D eigenvalue weighted by molar-refractivity contribution is 9.10. The molecule has 0 aliphatic heterocycles. The summed E-state index contributed by atoms with van der Waals surface area (Å²) >= 11 is 3.48. The predicted molar refractivity (Wildman–Crippen MR) is 150 cm³/mol. The molecule has 0 amide bonds. The van der Waals surface area contributed by atoms with E-state index in [1.54, 1.807) is 21.3 Å². The van der Waals surface area contributed by atoms with Crippen molar-refractivity contribution in [3.63, 3.8) is 0 Å². The molecule has 5 rings (SSSR count). The highest BCUT2D eigenvalue weighted by Gasteiger charge is 2.27. The number of hydrogen-bond acceptors (Lipinski definition) is 4. The van der Waals surface area contributed by atoms with Gasteiger partial charge in [0, 0.05) is 16.3 Å². The van der Waals surface area contributed by atoms with Crippen LogP contribution in [0, 0.1) is 0 Å². The first-order valence-corrected chi connectivity index (χ1v) is 12.2. The zero-order valence-corrected chi connectivity index (χ0v) is 21.8. The molecule has 0 spiro atoms. The lowest BCUT2D eigenvalue weighted by molar-refractivity contribution is 0.327. The summed E-state index contributed by atoms with van der Waals surface area (Å²) in [4.78, 5) is 8.43. The third kappa shape index (κ3) is 4.25. The van der Waals surface area contributed by atoms with Crippen LogP contribution < -0.4 is 14.2 Å². The zero-order chi connectivity index (χ0) is 25.1. The number of nitrogens with one attached hydrogen (secondary N) is 1. The highest BCUT2D eigenvalue weighted by atomic mass is 79.9. The largest absolute Gasteiger partial charge is 0.492 e. The average Bonchev–Trinajstić information content (AvgIpc) is 3.33. The molecule has 1 heterocycles. The third-order valence-corrected chi connectivity index (χ3v) is 6.59. The molecule has 1 aromatic heterocycles. The number of methoxy groups -OCH3 is 3. The maximum Gasteiger partial charge on any atom is 0.204 e. The van der Waals surface area contributed by atoms with Gasteiger partial charge < -0.3 is 19.2 Å². The number of aromatic amines is 1. The van der Waals surface area contributed by atoms with Crippen molar-refractivity contribution >= 4 is 38.7 Å². The van der Waals surface area contributed by atoms with Crippen LogP contribution in [0.15, 0.2) is 94.4 Å². The third-order valence-electron chi connectivity index (χ3n) is 6.06. The van der Waals surface area contributed by atoms with E-state index in [0.29, 0.717) is 17.2 Å². The van der Waals surface area contributed by atoms with Crippen molar-refractivity contribution in [1.29, 1.82) is 0 Å². The van der Waals surface area contributed by atoms with Gasteiger partial charge in [0.05, 0.1) is 49.2 Å². The quantitative estimate of drug-likeness (QED) is 0.212. The van der Waals surface area contributed by atoms with E-state index in [0.717, 1.165) is 49.0 Å². The van der Waals surface area contributed by atoms with Gasteiger partial charge in [-0.3, -0.25) is 4.99 Å². The second-order valence-corrected chi connectivity index (χ2v) is 9.02. The van der Waals surface area contributed by atoms with E-state index in [1.807, 2.05) is 66.9 Å². The van der Waals surface area contributed by atoms with Crippen molar-refractivity contribution in [3.8, 4) is 39.6 Å². The van der Waals surface area contributed by atoms with Crippen LogP contribution in [0.4, 0.5) is 5.69 Å². The molecule has 1 N–H and O–H groups in total. The molecule has 5 nitrogen and oxygen atoms in total. The fourth-order valence-electron chi connectivity index (χ4n) is 4.47. The number of hydrogen-bond donors (Lipinski definition) is 1. The van der Waals surface area contributed by atoms with Crippen molar-refractivity contribution in [2.24, 2.45) is 4.99 Å². The number of ether oxygens (including phenoxy) is 3. The smallest absolute Gasteiger partial charge is 0.204 e. The van der Waals surface area contributed by atoms with Crippen molar-refractivity contribution in [2.75, 3.05) is 21.3 Å². The Balaban J connectivity index is 1.89. The number of benzene rings is 4. The molecule has 0 fully saturated rings. The van der Waals surface area contributed by atoms with Crippen LogP contribution in [-0.2, 0) is 0 Å². The Labute approximate surface area is 218 Å². The van der Waals surface area contributed by atoms with Crippen molar-refractivity contribution in [2.45, 2.75) is 0 Å². The van der Waals surface area contributed by atoms with Crippen LogP contribution in [0.5, 0.6) is 17.2 Å². The summed E-state index contributed by atoms with van der Waals surface area (Å²) < 4.78 is 18.7. The van der Waals surface area contributed by atoms with E-state index in [-0.39, 0.29) is 0 Å². The predicted octanol–water partition coefficient (Wildman–Crippen LogP) is 8.04. The van der Waals surface area contributed by atoms with E-state index in [9.17, 15) is 0 Å². The van der Waals surface area contributed by atoms with Crippen LogP contribution in [0.25, 0.3) is 33.3 Å². The molecular formula is C30H25BrN2O3. The van der Waals surface area contributed by atoms with Gasteiger partial charge in [0.2, 0.25) is 5.75 Å². The lowest BCUT2D eigenvalue weighted by Gasteiger charge is -2.17. The Morgan fingerprint density at radius 1 is 0.694 bits per heavy atom.